The summed E-state index contributed by atoms with van der Waals surface area (Å²) >= 11 is 1.65. The van der Waals surface area contributed by atoms with Gasteiger partial charge in [0.25, 0.3) is 0 Å². The molecule has 70 valence electrons. The predicted octanol–water partition coefficient (Wildman–Crippen LogP) is -1.54. The Labute approximate surface area is 75.2 Å². The Balaban J connectivity index is 2.15. The van der Waals surface area contributed by atoms with Gasteiger partial charge >= 0.3 is 0 Å². The number of nitrogens with zero attached hydrogens (tertiary/aromatic N) is 1. The van der Waals surface area contributed by atoms with Crippen molar-refractivity contribution in [3.63, 3.8) is 0 Å². The van der Waals surface area contributed by atoms with E-state index in [4.69, 9.17) is 5.11 Å². The molecule has 3 N–H and O–H groups in total. The average Bonchev–Trinajstić information content (AvgIpc) is 2.59. The monoisotopic (exact) mass is 191 g/mol. The van der Waals surface area contributed by atoms with Crippen molar-refractivity contribution < 1.29 is 15.3 Å². The molecule has 0 aromatic heterocycles. The molecule has 3 unspecified atom stereocenters. The average molecular weight is 191 g/mol. The summed E-state index contributed by atoms with van der Waals surface area (Å²) in [6.45, 7) is 0.782. The van der Waals surface area contributed by atoms with Crippen LogP contribution in [-0.4, -0.2) is 62.7 Å². The van der Waals surface area contributed by atoms with Gasteiger partial charge in [-0.05, 0) is 0 Å². The smallest absolute Gasteiger partial charge is 0.106 e. The number of fused-ring (bicyclic) bond motifs is 1. The minimum atomic E-state index is -0.784. The van der Waals surface area contributed by atoms with Gasteiger partial charge in [0, 0.05) is 12.3 Å². The highest BCUT2D eigenvalue weighted by molar-refractivity contribution is 8.00. The molecule has 2 heterocycles. The lowest BCUT2D eigenvalue weighted by molar-refractivity contribution is 0.0209. The first kappa shape index (κ1) is 8.77. The molecule has 0 aromatic carbocycles. The summed E-state index contributed by atoms with van der Waals surface area (Å²) < 4.78 is 0. The van der Waals surface area contributed by atoms with Gasteiger partial charge < -0.3 is 15.3 Å². The van der Waals surface area contributed by atoms with E-state index in [0.29, 0.717) is 0 Å². The van der Waals surface area contributed by atoms with E-state index in [-0.39, 0.29) is 18.0 Å². The fourth-order valence-corrected chi connectivity index (χ4v) is 3.33. The molecule has 2 saturated heterocycles. The zero-order valence-corrected chi connectivity index (χ0v) is 7.44. The molecule has 2 rings (SSSR count). The largest absolute Gasteiger partial charge is 0.395 e. The number of hydrogen-bond acceptors (Lipinski definition) is 5. The normalized spacial score (nSPS) is 48.2. The third-order valence-electron chi connectivity index (χ3n) is 2.61. The number of hydrogen-bond donors (Lipinski definition) is 3. The molecule has 2 aliphatic rings. The van der Waals surface area contributed by atoms with Crippen molar-refractivity contribution in [1.82, 2.24) is 4.90 Å². The molecule has 12 heavy (non-hydrogen) atoms. The molecular formula is C7H13NO3S. The molecule has 4 nitrogen and oxygen atoms in total. The lowest BCUT2D eigenvalue weighted by Crippen LogP contribution is -2.39. The van der Waals surface area contributed by atoms with Crippen molar-refractivity contribution in [2.45, 2.75) is 23.6 Å². The summed E-state index contributed by atoms with van der Waals surface area (Å²) in [7, 11) is 0. The van der Waals surface area contributed by atoms with Crippen LogP contribution in [-0.2, 0) is 0 Å². The van der Waals surface area contributed by atoms with E-state index in [2.05, 4.69) is 0 Å². The number of aliphatic hydroxyl groups is 3. The second kappa shape index (κ2) is 3.16. The highest BCUT2D eigenvalue weighted by Gasteiger charge is 2.49. The standard InChI is InChI=1S/C7H13NO3S/c9-3-4-5(10)6(11)7-8(4)1-2-12-7/h4-7,9-11H,1-3H2/t4?,5?,6?,7-/m0/s1. The molecule has 0 aliphatic carbocycles. The van der Waals surface area contributed by atoms with E-state index in [1.165, 1.54) is 0 Å². The maximum atomic E-state index is 9.55. The van der Waals surface area contributed by atoms with Crippen LogP contribution in [0.1, 0.15) is 0 Å². The van der Waals surface area contributed by atoms with Gasteiger partial charge in [-0.2, -0.15) is 0 Å². The van der Waals surface area contributed by atoms with E-state index in [1.807, 2.05) is 4.90 Å². The Morgan fingerprint density at radius 1 is 1.33 bits per heavy atom. The van der Waals surface area contributed by atoms with Crippen molar-refractivity contribution in [1.29, 1.82) is 0 Å². The quantitative estimate of drug-likeness (QED) is 0.469. The molecule has 0 amide bonds. The van der Waals surface area contributed by atoms with Crippen LogP contribution < -0.4 is 0 Å². The SMILES string of the molecule is OCC1C(O)C(O)[C@@H]2SCCN12. The maximum Gasteiger partial charge on any atom is 0.106 e. The summed E-state index contributed by atoms with van der Waals surface area (Å²) in [4.78, 5) is 1.99. The zero-order valence-electron chi connectivity index (χ0n) is 6.63. The van der Waals surface area contributed by atoms with Crippen LogP contribution in [0.15, 0.2) is 0 Å². The maximum absolute atomic E-state index is 9.55. The predicted molar refractivity (Wildman–Crippen MR) is 45.8 cm³/mol. The van der Waals surface area contributed by atoms with Gasteiger partial charge in [-0.3, -0.25) is 4.90 Å². The van der Waals surface area contributed by atoms with Crippen molar-refractivity contribution >= 4 is 11.8 Å². The lowest BCUT2D eigenvalue weighted by atomic mass is 10.1. The first-order valence-corrected chi connectivity index (χ1v) is 5.15. The Morgan fingerprint density at radius 2 is 2.08 bits per heavy atom. The van der Waals surface area contributed by atoms with Gasteiger partial charge in [0.2, 0.25) is 0 Å². The van der Waals surface area contributed by atoms with E-state index in [9.17, 15) is 10.2 Å². The van der Waals surface area contributed by atoms with E-state index < -0.39 is 12.2 Å². The van der Waals surface area contributed by atoms with Crippen molar-refractivity contribution in [2.24, 2.45) is 0 Å². The summed E-state index contributed by atoms with van der Waals surface area (Å²) in [5.74, 6) is 0.977. The van der Waals surface area contributed by atoms with E-state index in [1.54, 1.807) is 11.8 Å². The van der Waals surface area contributed by atoms with E-state index >= 15 is 0 Å². The first-order chi connectivity index (χ1) is 5.75. The first-order valence-electron chi connectivity index (χ1n) is 4.10. The molecule has 2 fully saturated rings. The Kier molecular flexibility index (Phi) is 2.31. The Bertz CT molecular complexity index is 178. The van der Waals surface area contributed by atoms with Crippen LogP contribution in [0.25, 0.3) is 0 Å². The molecular weight excluding hydrogens is 178 g/mol. The third kappa shape index (κ3) is 1.08. The fourth-order valence-electron chi connectivity index (χ4n) is 1.96. The third-order valence-corrected chi connectivity index (χ3v) is 3.92. The highest BCUT2D eigenvalue weighted by atomic mass is 32.2. The molecule has 0 radical (unpaired) electrons. The second-order valence-electron chi connectivity index (χ2n) is 3.23. The van der Waals surface area contributed by atoms with Crippen LogP contribution in [0.5, 0.6) is 0 Å². The topological polar surface area (TPSA) is 63.9 Å². The molecule has 0 spiro atoms. The Hall–Kier alpha value is 0.190. The Morgan fingerprint density at radius 3 is 2.75 bits per heavy atom. The minimum Gasteiger partial charge on any atom is -0.395 e. The second-order valence-corrected chi connectivity index (χ2v) is 4.45. The summed E-state index contributed by atoms with van der Waals surface area (Å²) in [5, 5.41) is 28.0. The van der Waals surface area contributed by atoms with Crippen LogP contribution in [0.2, 0.25) is 0 Å². The molecule has 2 aliphatic heterocycles. The van der Waals surface area contributed by atoms with Gasteiger partial charge in [-0.1, -0.05) is 0 Å². The highest BCUT2D eigenvalue weighted by Crippen LogP contribution is 2.36. The summed E-state index contributed by atoms with van der Waals surface area (Å²) in [6.07, 6.45) is -1.48. The van der Waals surface area contributed by atoms with Gasteiger partial charge in [0.05, 0.1) is 18.0 Å². The van der Waals surface area contributed by atoms with Gasteiger partial charge in [0.1, 0.15) is 12.2 Å². The molecule has 0 saturated carbocycles. The molecule has 4 atom stereocenters. The van der Waals surface area contributed by atoms with Crippen LogP contribution in [0, 0.1) is 0 Å². The minimum absolute atomic E-state index is 0.00264. The molecule has 0 aromatic rings. The van der Waals surface area contributed by atoms with Gasteiger partial charge in [0.15, 0.2) is 0 Å². The molecule has 5 heteroatoms. The number of aliphatic hydroxyl groups excluding tert-OH is 3. The van der Waals surface area contributed by atoms with Crippen molar-refractivity contribution in [3.8, 4) is 0 Å². The zero-order chi connectivity index (χ0) is 8.72. The lowest BCUT2D eigenvalue weighted by Gasteiger charge is -2.21. The number of rotatable bonds is 1. The van der Waals surface area contributed by atoms with Gasteiger partial charge in [-0.25, -0.2) is 0 Å². The van der Waals surface area contributed by atoms with E-state index in [0.717, 1.165) is 12.3 Å². The summed E-state index contributed by atoms with van der Waals surface area (Å²) in [6, 6.07) is -0.264. The van der Waals surface area contributed by atoms with Gasteiger partial charge in [-0.15, -0.1) is 11.8 Å². The fraction of sp³-hybridized carbons (Fsp3) is 1.00. The summed E-state index contributed by atoms with van der Waals surface area (Å²) in [5.41, 5.74) is 0. The molecule has 0 bridgehead atoms. The number of thioether (sulfide) groups is 1. The van der Waals surface area contributed by atoms with Crippen LogP contribution >= 0.6 is 11.8 Å². The van der Waals surface area contributed by atoms with Crippen molar-refractivity contribution in [3.05, 3.63) is 0 Å². The van der Waals surface area contributed by atoms with Crippen LogP contribution in [0.4, 0.5) is 0 Å². The van der Waals surface area contributed by atoms with Crippen LogP contribution in [0.3, 0.4) is 0 Å². The van der Waals surface area contributed by atoms with Crippen molar-refractivity contribution in [2.75, 3.05) is 18.9 Å².